The molecule has 2 aromatic carbocycles. The molecule has 0 bridgehead atoms. The molecule has 26 heavy (non-hydrogen) atoms. The second-order valence-electron chi connectivity index (χ2n) is 5.65. The molecule has 0 saturated heterocycles. The van der Waals surface area contributed by atoms with Crippen molar-refractivity contribution in [1.82, 2.24) is 9.55 Å². The van der Waals surface area contributed by atoms with Crippen LogP contribution in [0, 0.1) is 0 Å². The van der Waals surface area contributed by atoms with Crippen molar-refractivity contribution in [2.24, 2.45) is 0 Å². The second-order valence-corrected chi connectivity index (χ2v) is 5.65. The number of benzene rings is 2. The van der Waals surface area contributed by atoms with E-state index in [1.54, 1.807) is 29.9 Å². The Bertz CT molecular complexity index is 973. The van der Waals surface area contributed by atoms with Crippen molar-refractivity contribution >= 4 is 17.0 Å². The zero-order valence-electron chi connectivity index (χ0n) is 14.7. The van der Waals surface area contributed by atoms with Gasteiger partial charge in [-0.05, 0) is 30.7 Å². The summed E-state index contributed by atoms with van der Waals surface area (Å²) in [6, 6.07) is 12.4. The van der Waals surface area contributed by atoms with Gasteiger partial charge in [0.1, 0.15) is 17.1 Å². The number of carbonyl (C=O) groups excluding carboxylic acids is 1. The highest BCUT2D eigenvalue weighted by Gasteiger charge is 2.15. The van der Waals surface area contributed by atoms with Gasteiger partial charge in [-0.15, -0.1) is 0 Å². The molecule has 1 N–H and O–H groups in total. The molecule has 0 amide bonds. The molecule has 7 nitrogen and oxygen atoms in total. The number of fused-ring (bicyclic) bond motifs is 1. The van der Waals surface area contributed by atoms with Gasteiger partial charge in [-0.2, -0.15) is 0 Å². The summed E-state index contributed by atoms with van der Waals surface area (Å²) < 4.78 is 17.3. The number of para-hydroxylation sites is 2. The van der Waals surface area contributed by atoms with Crippen LogP contribution in [0.5, 0.6) is 11.5 Å². The Hall–Kier alpha value is -3.22. The zero-order chi connectivity index (χ0) is 18.5. The molecule has 0 fully saturated rings. The number of aromatic amines is 1. The first kappa shape index (κ1) is 17.6. The van der Waals surface area contributed by atoms with E-state index in [0.29, 0.717) is 30.0 Å². The molecular weight excluding hydrogens is 336 g/mol. The third-order valence-electron chi connectivity index (χ3n) is 4.07. The number of rotatable bonds is 7. The summed E-state index contributed by atoms with van der Waals surface area (Å²) in [6.45, 7) is 0.649. The van der Waals surface area contributed by atoms with Gasteiger partial charge in [-0.25, -0.2) is 9.59 Å². The van der Waals surface area contributed by atoms with Crippen LogP contribution in [0.3, 0.4) is 0 Å². The van der Waals surface area contributed by atoms with E-state index in [0.717, 1.165) is 11.0 Å². The van der Waals surface area contributed by atoms with E-state index >= 15 is 0 Å². The first-order chi connectivity index (χ1) is 12.6. The summed E-state index contributed by atoms with van der Waals surface area (Å²) in [5.41, 5.74) is 1.78. The lowest BCUT2D eigenvalue weighted by molar-refractivity contribution is 0.0492. The SMILES string of the molecule is COc1ccc(C(=O)OCCCn2c(=O)[nH]c3ccccc32)c(OC)c1. The largest absolute Gasteiger partial charge is 0.497 e. The van der Waals surface area contributed by atoms with E-state index in [2.05, 4.69) is 4.98 Å². The highest BCUT2D eigenvalue weighted by molar-refractivity contribution is 5.92. The predicted molar refractivity (Wildman–Crippen MR) is 97.0 cm³/mol. The highest BCUT2D eigenvalue weighted by Crippen LogP contribution is 2.25. The Labute approximate surface area is 150 Å². The van der Waals surface area contributed by atoms with Crippen LogP contribution >= 0.6 is 0 Å². The summed E-state index contributed by atoms with van der Waals surface area (Å²) in [4.78, 5) is 27.0. The van der Waals surface area contributed by atoms with Gasteiger partial charge in [0, 0.05) is 12.6 Å². The summed E-state index contributed by atoms with van der Waals surface area (Å²) >= 11 is 0. The van der Waals surface area contributed by atoms with E-state index in [9.17, 15) is 9.59 Å². The summed E-state index contributed by atoms with van der Waals surface area (Å²) in [6.07, 6.45) is 0.520. The molecule has 0 aliphatic rings. The van der Waals surface area contributed by atoms with Crippen LogP contribution in [-0.2, 0) is 11.3 Å². The first-order valence-corrected chi connectivity index (χ1v) is 8.20. The Morgan fingerprint density at radius 1 is 1.12 bits per heavy atom. The first-order valence-electron chi connectivity index (χ1n) is 8.20. The van der Waals surface area contributed by atoms with Crippen molar-refractivity contribution in [2.75, 3.05) is 20.8 Å². The normalized spacial score (nSPS) is 10.7. The standard InChI is InChI=1S/C19H20N2O5/c1-24-13-8-9-14(17(12-13)25-2)18(22)26-11-5-10-21-16-7-4-3-6-15(16)20-19(21)23/h3-4,6-9,12H,5,10-11H2,1-2H3,(H,20,23). The maximum atomic E-state index is 12.2. The monoisotopic (exact) mass is 356 g/mol. The molecule has 1 heterocycles. The molecule has 3 aromatic rings. The molecular formula is C19H20N2O5. The van der Waals surface area contributed by atoms with Gasteiger partial charge in [-0.1, -0.05) is 12.1 Å². The maximum Gasteiger partial charge on any atom is 0.341 e. The fraction of sp³-hybridized carbons (Fsp3) is 0.263. The molecule has 1 aromatic heterocycles. The van der Waals surface area contributed by atoms with Crippen molar-refractivity contribution in [3.05, 3.63) is 58.5 Å². The Balaban J connectivity index is 1.60. The van der Waals surface area contributed by atoms with Crippen LogP contribution in [0.1, 0.15) is 16.8 Å². The van der Waals surface area contributed by atoms with E-state index in [1.165, 1.54) is 7.11 Å². The second kappa shape index (κ2) is 7.77. The lowest BCUT2D eigenvalue weighted by Gasteiger charge is -2.10. The average molecular weight is 356 g/mol. The number of aromatic nitrogens is 2. The fourth-order valence-electron chi connectivity index (χ4n) is 2.76. The molecule has 0 aliphatic heterocycles. The minimum absolute atomic E-state index is 0.172. The van der Waals surface area contributed by atoms with Crippen molar-refractivity contribution in [2.45, 2.75) is 13.0 Å². The number of H-pyrrole nitrogens is 1. The van der Waals surface area contributed by atoms with Crippen molar-refractivity contribution < 1.29 is 19.0 Å². The van der Waals surface area contributed by atoms with Gasteiger partial charge in [0.15, 0.2) is 0 Å². The summed E-state index contributed by atoms with van der Waals surface area (Å²) in [7, 11) is 3.02. The summed E-state index contributed by atoms with van der Waals surface area (Å²) in [5.74, 6) is 0.509. The molecule has 136 valence electrons. The highest BCUT2D eigenvalue weighted by atomic mass is 16.5. The number of hydrogen-bond acceptors (Lipinski definition) is 5. The number of imidazole rings is 1. The number of esters is 1. The minimum atomic E-state index is -0.476. The number of ether oxygens (including phenoxy) is 3. The molecule has 3 rings (SSSR count). The molecule has 0 unspecified atom stereocenters. The number of nitrogens with zero attached hydrogens (tertiary/aromatic N) is 1. The third kappa shape index (κ3) is 3.56. The molecule has 0 radical (unpaired) electrons. The van der Waals surface area contributed by atoms with Gasteiger partial charge in [-0.3, -0.25) is 4.57 Å². The third-order valence-corrected chi connectivity index (χ3v) is 4.07. The smallest absolute Gasteiger partial charge is 0.341 e. The number of methoxy groups -OCH3 is 2. The average Bonchev–Trinajstić information content (AvgIpc) is 2.99. The van der Waals surface area contributed by atoms with Crippen LogP contribution in [0.2, 0.25) is 0 Å². The van der Waals surface area contributed by atoms with Gasteiger partial charge in [0.05, 0.1) is 31.9 Å². The van der Waals surface area contributed by atoms with Gasteiger partial charge in [0.2, 0.25) is 0 Å². The van der Waals surface area contributed by atoms with Crippen LogP contribution < -0.4 is 15.2 Å². The van der Waals surface area contributed by atoms with Gasteiger partial charge >= 0.3 is 11.7 Å². The van der Waals surface area contributed by atoms with Crippen LogP contribution in [0.25, 0.3) is 11.0 Å². The van der Waals surface area contributed by atoms with Gasteiger partial charge in [0.25, 0.3) is 0 Å². The molecule has 0 atom stereocenters. The van der Waals surface area contributed by atoms with Crippen LogP contribution in [-0.4, -0.2) is 36.3 Å². The number of nitrogens with one attached hydrogen (secondary N) is 1. The summed E-state index contributed by atoms with van der Waals surface area (Å²) in [5, 5.41) is 0. The van der Waals surface area contributed by atoms with E-state index in [-0.39, 0.29) is 12.3 Å². The molecule has 0 spiro atoms. The fourth-order valence-corrected chi connectivity index (χ4v) is 2.76. The Kier molecular flexibility index (Phi) is 5.26. The zero-order valence-corrected chi connectivity index (χ0v) is 14.7. The van der Waals surface area contributed by atoms with Crippen molar-refractivity contribution in [1.29, 1.82) is 0 Å². The topological polar surface area (TPSA) is 82.5 Å². The quantitative estimate of drug-likeness (QED) is 0.520. The number of carbonyl (C=O) groups is 1. The maximum absolute atomic E-state index is 12.2. The molecule has 7 heteroatoms. The number of aryl methyl sites for hydroxylation is 1. The predicted octanol–water partition coefficient (Wildman–Crippen LogP) is 2.59. The molecule has 0 saturated carbocycles. The van der Waals surface area contributed by atoms with Crippen molar-refractivity contribution in [3.8, 4) is 11.5 Å². The van der Waals surface area contributed by atoms with E-state index in [4.69, 9.17) is 14.2 Å². The minimum Gasteiger partial charge on any atom is -0.497 e. The lowest BCUT2D eigenvalue weighted by atomic mass is 10.2. The van der Waals surface area contributed by atoms with Gasteiger partial charge < -0.3 is 19.2 Å². The van der Waals surface area contributed by atoms with E-state index < -0.39 is 5.97 Å². The molecule has 0 aliphatic carbocycles. The van der Waals surface area contributed by atoms with Crippen molar-refractivity contribution in [3.63, 3.8) is 0 Å². The van der Waals surface area contributed by atoms with Crippen LogP contribution in [0.15, 0.2) is 47.3 Å². The van der Waals surface area contributed by atoms with Crippen LogP contribution in [0.4, 0.5) is 0 Å². The number of hydrogen-bond donors (Lipinski definition) is 1. The Morgan fingerprint density at radius 2 is 1.92 bits per heavy atom. The Morgan fingerprint density at radius 3 is 2.69 bits per heavy atom. The van der Waals surface area contributed by atoms with E-state index in [1.807, 2.05) is 24.3 Å². The lowest BCUT2D eigenvalue weighted by Crippen LogP contribution is -2.18.